The number of carbonyl (C=O) groups is 1. The first-order valence-corrected chi connectivity index (χ1v) is 9.95. The molecular weight excluding hydrogens is 334 g/mol. The molecule has 0 saturated carbocycles. The van der Waals surface area contributed by atoms with Crippen molar-refractivity contribution in [3.63, 3.8) is 0 Å². The Balaban J connectivity index is 2.22. The van der Waals surface area contributed by atoms with Crippen LogP contribution in [0.3, 0.4) is 0 Å². The molecule has 1 heterocycles. The van der Waals surface area contributed by atoms with Crippen LogP contribution < -0.4 is 0 Å². The van der Waals surface area contributed by atoms with Crippen molar-refractivity contribution in [3.8, 4) is 0 Å². The number of esters is 1. The Kier molecular flexibility index (Phi) is 5.43. The number of sulfonamides is 1. The Labute approximate surface area is 142 Å². The van der Waals surface area contributed by atoms with Gasteiger partial charge in [-0.15, -0.1) is 11.8 Å². The van der Waals surface area contributed by atoms with E-state index in [1.54, 1.807) is 12.1 Å². The van der Waals surface area contributed by atoms with E-state index in [0.29, 0.717) is 12.3 Å². The summed E-state index contributed by atoms with van der Waals surface area (Å²) in [5.41, 5.74) is 1.05. The Hall–Kier alpha value is -1.05. The number of rotatable bonds is 3. The molecule has 1 atom stereocenters. The fraction of sp³-hybridized carbons (Fsp3) is 0.562. The standard InChI is InChI=1S/C16H23NO4S2/c1-16(2,3)12-5-7-13(8-6-12)23(19,20)17-9-10-22-14(11-17)15(18)21-4/h5-8,14H,9-11H2,1-4H3/t14-/m1/s1. The summed E-state index contributed by atoms with van der Waals surface area (Å²) in [4.78, 5) is 11.9. The molecule has 0 unspecified atom stereocenters. The predicted octanol–water partition coefficient (Wildman–Crippen LogP) is 2.26. The SMILES string of the molecule is COC(=O)[C@H]1CN(S(=O)(=O)c2ccc(C(C)(C)C)cc2)CCS1. The molecule has 0 N–H and O–H groups in total. The molecule has 5 nitrogen and oxygen atoms in total. The molecule has 1 aromatic carbocycles. The van der Waals surface area contributed by atoms with Crippen molar-refractivity contribution in [2.45, 2.75) is 36.3 Å². The predicted molar refractivity (Wildman–Crippen MR) is 92.2 cm³/mol. The molecule has 1 fully saturated rings. The van der Waals surface area contributed by atoms with E-state index >= 15 is 0 Å². The van der Waals surface area contributed by atoms with Crippen LogP contribution in [0.5, 0.6) is 0 Å². The van der Waals surface area contributed by atoms with Crippen molar-refractivity contribution < 1.29 is 17.9 Å². The topological polar surface area (TPSA) is 63.7 Å². The van der Waals surface area contributed by atoms with Gasteiger partial charge < -0.3 is 4.74 Å². The Morgan fingerprint density at radius 1 is 1.26 bits per heavy atom. The third-order valence-electron chi connectivity index (χ3n) is 3.85. The molecule has 1 aromatic rings. The van der Waals surface area contributed by atoms with Crippen molar-refractivity contribution in [1.82, 2.24) is 4.31 Å². The van der Waals surface area contributed by atoms with E-state index in [1.165, 1.54) is 23.2 Å². The van der Waals surface area contributed by atoms with Crippen LogP contribution >= 0.6 is 11.8 Å². The Bertz CT molecular complexity index is 662. The quantitative estimate of drug-likeness (QED) is 0.777. The molecule has 0 spiro atoms. The summed E-state index contributed by atoms with van der Waals surface area (Å²) in [6.07, 6.45) is 0. The number of nitrogens with zero attached hydrogens (tertiary/aromatic N) is 1. The lowest BCUT2D eigenvalue weighted by Gasteiger charge is -2.30. The number of hydrogen-bond acceptors (Lipinski definition) is 5. The van der Waals surface area contributed by atoms with Crippen LogP contribution in [0.2, 0.25) is 0 Å². The van der Waals surface area contributed by atoms with Gasteiger partial charge in [-0.1, -0.05) is 32.9 Å². The zero-order chi connectivity index (χ0) is 17.3. The lowest BCUT2D eigenvalue weighted by molar-refractivity contribution is -0.140. The molecule has 2 rings (SSSR count). The highest BCUT2D eigenvalue weighted by Gasteiger charge is 2.34. The lowest BCUT2D eigenvalue weighted by Crippen LogP contribution is -2.44. The molecule has 128 valence electrons. The average molecular weight is 357 g/mol. The van der Waals surface area contributed by atoms with Gasteiger partial charge in [0.1, 0.15) is 5.25 Å². The fourth-order valence-electron chi connectivity index (χ4n) is 2.39. The van der Waals surface area contributed by atoms with E-state index in [9.17, 15) is 13.2 Å². The minimum absolute atomic E-state index is 0.0277. The van der Waals surface area contributed by atoms with Crippen LogP contribution in [0, 0.1) is 0 Å². The van der Waals surface area contributed by atoms with Crippen LogP contribution in [0.15, 0.2) is 29.2 Å². The van der Waals surface area contributed by atoms with Crippen LogP contribution in [0.25, 0.3) is 0 Å². The van der Waals surface area contributed by atoms with Gasteiger partial charge in [-0.05, 0) is 23.1 Å². The second kappa shape index (κ2) is 6.83. The van der Waals surface area contributed by atoms with Crippen LogP contribution in [-0.2, 0) is 25.0 Å². The van der Waals surface area contributed by atoms with Crippen molar-refractivity contribution in [1.29, 1.82) is 0 Å². The summed E-state index contributed by atoms with van der Waals surface area (Å²) in [6.45, 7) is 6.81. The maximum atomic E-state index is 12.8. The zero-order valence-corrected chi connectivity index (χ0v) is 15.5. The molecule has 0 aliphatic carbocycles. The number of thioether (sulfide) groups is 1. The Morgan fingerprint density at radius 2 is 1.87 bits per heavy atom. The first kappa shape index (κ1) is 18.3. The van der Waals surface area contributed by atoms with E-state index in [2.05, 4.69) is 20.8 Å². The molecule has 0 aromatic heterocycles. The van der Waals surface area contributed by atoms with Gasteiger partial charge in [0.25, 0.3) is 0 Å². The highest BCUT2D eigenvalue weighted by atomic mass is 32.2. The van der Waals surface area contributed by atoms with Crippen molar-refractivity contribution >= 4 is 27.8 Å². The fourth-order valence-corrected chi connectivity index (χ4v) is 5.19. The molecular formula is C16H23NO4S2. The van der Waals surface area contributed by atoms with Gasteiger partial charge in [-0.25, -0.2) is 8.42 Å². The van der Waals surface area contributed by atoms with Gasteiger partial charge >= 0.3 is 5.97 Å². The van der Waals surface area contributed by atoms with Gasteiger partial charge in [-0.3, -0.25) is 4.79 Å². The van der Waals surface area contributed by atoms with Gasteiger partial charge in [0.15, 0.2) is 0 Å². The van der Waals surface area contributed by atoms with Gasteiger partial charge in [0, 0.05) is 18.8 Å². The van der Waals surface area contributed by atoms with E-state index in [4.69, 9.17) is 4.74 Å². The molecule has 0 radical (unpaired) electrons. The third kappa shape index (κ3) is 4.08. The average Bonchev–Trinajstić information content (AvgIpc) is 2.53. The van der Waals surface area contributed by atoms with E-state index in [0.717, 1.165) is 5.56 Å². The van der Waals surface area contributed by atoms with Crippen LogP contribution in [-0.4, -0.2) is 49.9 Å². The largest absolute Gasteiger partial charge is 0.468 e. The van der Waals surface area contributed by atoms with E-state index in [1.807, 2.05) is 12.1 Å². The number of ether oxygens (including phenoxy) is 1. The Morgan fingerprint density at radius 3 is 2.39 bits per heavy atom. The summed E-state index contributed by atoms with van der Waals surface area (Å²) in [5.74, 6) is 0.206. The molecule has 23 heavy (non-hydrogen) atoms. The number of methoxy groups -OCH3 is 1. The number of benzene rings is 1. The van der Waals surface area contributed by atoms with Crippen molar-refractivity contribution in [2.24, 2.45) is 0 Å². The smallest absolute Gasteiger partial charge is 0.320 e. The summed E-state index contributed by atoms with van der Waals surface area (Å²) in [6, 6.07) is 6.99. The summed E-state index contributed by atoms with van der Waals surface area (Å²) < 4.78 is 31.6. The summed E-state index contributed by atoms with van der Waals surface area (Å²) in [5, 5.41) is -0.461. The number of carbonyl (C=O) groups excluding carboxylic acids is 1. The maximum absolute atomic E-state index is 12.8. The van der Waals surface area contributed by atoms with Gasteiger partial charge in [0.05, 0.1) is 12.0 Å². The van der Waals surface area contributed by atoms with Crippen LogP contribution in [0.4, 0.5) is 0 Å². The van der Waals surface area contributed by atoms with Gasteiger partial charge in [-0.2, -0.15) is 4.31 Å². The molecule has 0 amide bonds. The molecule has 7 heteroatoms. The molecule has 1 aliphatic heterocycles. The first-order chi connectivity index (χ1) is 10.7. The minimum atomic E-state index is -3.59. The molecule has 1 aliphatic rings. The van der Waals surface area contributed by atoms with E-state index in [-0.39, 0.29) is 22.8 Å². The maximum Gasteiger partial charge on any atom is 0.320 e. The second-order valence-corrected chi connectivity index (χ2v) is 9.77. The van der Waals surface area contributed by atoms with Crippen molar-refractivity contribution in [2.75, 3.05) is 26.0 Å². The number of hydrogen-bond donors (Lipinski definition) is 0. The monoisotopic (exact) mass is 357 g/mol. The van der Waals surface area contributed by atoms with Crippen molar-refractivity contribution in [3.05, 3.63) is 29.8 Å². The lowest BCUT2D eigenvalue weighted by atomic mass is 9.87. The highest BCUT2D eigenvalue weighted by Crippen LogP contribution is 2.27. The van der Waals surface area contributed by atoms with Crippen LogP contribution in [0.1, 0.15) is 26.3 Å². The van der Waals surface area contributed by atoms with Gasteiger partial charge in [0.2, 0.25) is 10.0 Å². The normalized spacial score (nSPS) is 20.3. The summed E-state index contributed by atoms with van der Waals surface area (Å²) >= 11 is 1.44. The minimum Gasteiger partial charge on any atom is -0.468 e. The first-order valence-electron chi connectivity index (χ1n) is 7.46. The molecule has 1 saturated heterocycles. The highest BCUT2D eigenvalue weighted by molar-refractivity contribution is 8.00. The third-order valence-corrected chi connectivity index (χ3v) is 6.89. The zero-order valence-electron chi connectivity index (χ0n) is 13.9. The van der Waals surface area contributed by atoms with E-state index < -0.39 is 15.3 Å². The summed E-state index contributed by atoms with van der Waals surface area (Å²) in [7, 11) is -2.27. The second-order valence-electron chi connectivity index (χ2n) is 6.52. The molecule has 0 bridgehead atoms.